The first-order valence-corrected chi connectivity index (χ1v) is 11.6. The molecule has 188 valence electrons. The van der Waals surface area contributed by atoms with Crippen LogP contribution in [0.1, 0.15) is 42.8 Å². The molecule has 4 rings (SSSR count). The Hall–Kier alpha value is -3.39. The maximum absolute atomic E-state index is 13.7. The van der Waals surface area contributed by atoms with E-state index in [-0.39, 0.29) is 23.9 Å². The van der Waals surface area contributed by atoms with Crippen LogP contribution < -0.4 is 4.90 Å². The van der Waals surface area contributed by atoms with Crippen molar-refractivity contribution in [3.63, 3.8) is 0 Å². The summed E-state index contributed by atoms with van der Waals surface area (Å²) in [7, 11) is 0. The van der Waals surface area contributed by atoms with E-state index in [9.17, 15) is 19.1 Å². The van der Waals surface area contributed by atoms with Gasteiger partial charge in [-0.2, -0.15) is 14.9 Å². The van der Waals surface area contributed by atoms with E-state index in [4.69, 9.17) is 16.3 Å². The van der Waals surface area contributed by atoms with Crippen LogP contribution in [0.25, 0.3) is 11.7 Å². The molecule has 0 atom stereocenters. The maximum atomic E-state index is 13.7. The Morgan fingerprint density at radius 1 is 1.42 bits per heavy atom. The van der Waals surface area contributed by atoms with Gasteiger partial charge >= 0.3 is 0 Å². The Bertz CT molecular complexity index is 1370. The number of allylic oxidation sites excluding steroid dienone is 5. The van der Waals surface area contributed by atoms with Crippen molar-refractivity contribution in [2.24, 2.45) is 4.99 Å². The van der Waals surface area contributed by atoms with E-state index in [1.165, 1.54) is 10.7 Å². The van der Waals surface area contributed by atoms with Crippen LogP contribution in [0, 0.1) is 18.3 Å². The van der Waals surface area contributed by atoms with E-state index >= 15 is 0 Å². The van der Waals surface area contributed by atoms with Gasteiger partial charge in [0.1, 0.15) is 23.1 Å². The molecule has 0 spiro atoms. The molecule has 1 saturated heterocycles. The van der Waals surface area contributed by atoms with Gasteiger partial charge in [-0.1, -0.05) is 24.3 Å². The topological polar surface area (TPSA) is 99.0 Å². The first-order chi connectivity index (χ1) is 17.0. The molecule has 2 aliphatic rings. The van der Waals surface area contributed by atoms with Crippen LogP contribution in [0.5, 0.6) is 0 Å². The van der Waals surface area contributed by atoms with Crippen molar-refractivity contribution < 1.29 is 18.6 Å². The Labute approximate surface area is 212 Å². The number of nitrogens with zero attached hydrogens (tertiary/aromatic N) is 6. The van der Waals surface area contributed by atoms with Crippen LogP contribution in [0.15, 0.2) is 46.6 Å². The molecule has 0 unspecified atom stereocenters. The number of alkyl halides is 2. The van der Waals surface area contributed by atoms with Crippen LogP contribution in [0.4, 0.5) is 14.6 Å². The van der Waals surface area contributed by atoms with Crippen molar-refractivity contribution in [1.29, 1.82) is 5.26 Å². The highest BCUT2D eigenvalue weighted by Gasteiger charge is 2.34. The average Bonchev–Trinajstić information content (AvgIpc) is 3.13. The number of halogens is 3. The van der Waals surface area contributed by atoms with E-state index in [2.05, 4.69) is 21.7 Å². The van der Waals surface area contributed by atoms with Crippen LogP contribution in [0.3, 0.4) is 0 Å². The Morgan fingerprint density at radius 3 is 2.75 bits per heavy atom. The van der Waals surface area contributed by atoms with Gasteiger partial charge in [0.2, 0.25) is 0 Å². The van der Waals surface area contributed by atoms with Crippen LogP contribution >= 0.6 is 11.6 Å². The molecule has 0 bridgehead atoms. The Morgan fingerprint density at radius 2 is 2.14 bits per heavy atom. The van der Waals surface area contributed by atoms with Gasteiger partial charge in [0.05, 0.1) is 29.7 Å². The number of aliphatic imine (C=N–C) groups is 1. The number of aromatic nitrogens is 3. The van der Waals surface area contributed by atoms with Crippen molar-refractivity contribution in [2.75, 3.05) is 24.6 Å². The molecule has 8 nitrogen and oxygen atoms in total. The summed E-state index contributed by atoms with van der Waals surface area (Å²) >= 11 is 6.15. The third kappa shape index (κ3) is 5.09. The first kappa shape index (κ1) is 25.7. The highest BCUT2D eigenvalue weighted by atomic mass is 35.5. The van der Waals surface area contributed by atoms with Crippen molar-refractivity contribution in [1.82, 2.24) is 14.6 Å². The van der Waals surface area contributed by atoms with Gasteiger partial charge in [-0.25, -0.2) is 13.8 Å². The second-order valence-electron chi connectivity index (χ2n) is 9.15. The molecule has 1 N–H and O–H groups in total. The van der Waals surface area contributed by atoms with E-state index < -0.39 is 17.7 Å². The fraction of sp³-hybridized carbons (Fsp3) is 0.360. The summed E-state index contributed by atoms with van der Waals surface area (Å²) in [6.07, 6.45) is 5.33. The summed E-state index contributed by atoms with van der Waals surface area (Å²) in [6.45, 7) is 9.73. The summed E-state index contributed by atoms with van der Waals surface area (Å²) < 4.78 is 34.5. The zero-order chi connectivity index (χ0) is 26.2. The molecule has 2 aromatic heterocycles. The third-order valence-electron chi connectivity index (χ3n) is 5.65. The minimum Gasteiger partial charge on any atom is -0.388 e. The lowest BCUT2D eigenvalue weighted by Gasteiger charge is -2.42. The molecule has 0 radical (unpaired) electrons. The highest BCUT2D eigenvalue weighted by molar-refractivity contribution is 6.35. The summed E-state index contributed by atoms with van der Waals surface area (Å²) in [4.78, 5) is 10.7. The fourth-order valence-corrected chi connectivity index (χ4v) is 4.11. The van der Waals surface area contributed by atoms with Gasteiger partial charge in [0.25, 0.3) is 6.43 Å². The minimum absolute atomic E-state index is 0.0606. The number of hydrogen-bond acceptors (Lipinski definition) is 7. The van der Waals surface area contributed by atoms with Crippen LogP contribution in [0.2, 0.25) is 0 Å². The number of hydrogen-bond donors (Lipinski definition) is 1. The molecule has 2 aromatic rings. The molecule has 1 aliphatic carbocycles. The fourth-order valence-electron chi connectivity index (χ4n) is 3.95. The number of aliphatic hydroxyl groups is 1. The molecule has 11 heteroatoms. The van der Waals surface area contributed by atoms with Crippen molar-refractivity contribution in [3.05, 3.63) is 64.1 Å². The molecular formula is C25H25ClF2N6O2. The summed E-state index contributed by atoms with van der Waals surface area (Å²) in [5.41, 5.74) is 0.637. The van der Waals surface area contributed by atoms with Crippen molar-refractivity contribution in [2.45, 2.75) is 38.9 Å². The van der Waals surface area contributed by atoms with Crippen LogP contribution in [-0.4, -0.2) is 56.8 Å². The molecule has 1 aliphatic heterocycles. The highest BCUT2D eigenvalue weighted by Crippen LogP contribution is 2.35. The van der Waals surface area contributed by atoms with Gasteiger partial charge in [0, 0.05) is 35.5 Å². The SMILES string of the molecule is C=CN=C1C=C(Cl)C=C/C1=C\c1c(C)nc2c(C#N)c(C(F)F)nn2c1N1CC(OCC(C)(C)O)C1. The quantitative estimate of drug-likeness (QED) is 0.584. The predicted molar refractivity (Wildman–Crippen MR) is 134 cm³/mol. The largest absolute Gasteiger partial charge is 0.388 e. The molecule has 1 fully saturated rings. The molecule has 36 heavy (non-hydrogen) atoms. The lowest BCUT2D eigenvalue weighted by Crippen LogP contribution is -2.54. The van der Waals surface area contributed by atoms with Crippen molar-refractivity contribution >= 4 is 34.9 Å². The van der Waals surface area contributed by atoms with E-state index in [1.807, 2.05) is 17.0 Å². The normalized spacial score (nSPS) is 18.8. The molecular weight excluding hydrogens is 490 g/mol. The Kier molecular flexibility index (Phi) is 7.09. The van der Waals surface area contributed by atoms with Gasteiger partial charge < -0.3 is 14.7 Å². The first-order valence-electron chi connectivity index (χ1n) is 11.2. The van der Waals surface area contributed by atoms with Gasteiger partial charge in [-0.15, -0.1) is 0 Å². The number of ether oxygens (including phenoxy) is 1. The molecule has 0 amide bonds. The second-order valence-corrected chi connectivity index (χ2v) is 9.59. The third-order valence-corrected chi connectivity index (χ3v) is 5.89. The number of aryl methyl sites for hydroxylation is 1. The maximum Gasteiger partial charge on any atom is 0.283 e. The number of nitriles is 1. The monoisotopic (exact) mass is 514 g/mol. The minimum atomic E-state index is -2.93. The number of rotatable bonds is 7. The lowest BCUT2D eigenvalue weighted by atomic mass is 10.0. The van der Waals surface area contributed by atoms with Crippen LogP contribution in [-0.2, 0) is 4.74 Å². The summed E-state index contributed by atoms with van der Waals surface area (Å²) in [5.74, 6) is 0.503. The molecule has 0 aromatic carbocycles. The lowest BCUT2D eigenvalue weighted by molar-refractivity contribution is -0.0603. The molecule has 0 saturated carbocycles. The second kappa shape index (κ2) is 9.93. The molecule has 3 heterocycles. The van der Waals surface area contributed by atoms with E-state index in [0.29, 0.717) is 46.5 Å². The van der Waals surface area contributed by atoms with Gasteiger partial charge in [-0.3, -0.25) is 4.99 Å². The standard InChI is InChI=1S/C25H25ClF2N6O2/c1-5-30-20-9-16(26)7-6-15(20)8-18-14(2)31-23-19(10-29)21(22(27)28)32-34(23)24(18)33-11-17(12-33)36-13-25(3,4)35/h5-9,17,22,35H,1,11-13H2,2-4H3/b15-8+,30-20?. The number of anilines is 1. The van der Waals surface area contributed by atoms with Gasteiger partial charge in [-0.05, 0) is 39.0 Å². The summed E-state index contributed by atoms with van der Waals surface area (Å²) in [6, 6.07) is 1.83. The summed E-state index contributed by atoms with van der Waals surface area (Å²) in [5, 5.41) is 24.1. The zero-order valence-electron chi connectivity index (χ0n) is 20.0. The predicted octanol–water partition coefficient (Wildman–Crippen LogP) is 4.48. The van der Waals surface area contributed by atoms with E-state index in [1.54, 1.807) is 39.0 Å². The van der Waals surface area contributed by atoms with Gasteiger partial charge in [0.15, 0.2) is 5.65 Å². The Balaban J connectivity index is 1.85. The number of fused-ring (bicyclic) bond motifs is 1. The van der Waals surface area contributed by atoms with Crippen molar-refractivity contribution in [3.8, 4) is 6.07 Å². The average molecular weight is 515 g/mol. The smallest absolute Gasteiger partial charge is 0.283 e. The van der Waals surface area contributed by atoms with E-state index in [0.717, 1.165) is 0 Å². The zero-order valence-corrected chi connectivity index (χ0v) is 20.8.